The zero-order valence-corrected chi connectivity index (χ0v) is 18.8. The van der Waals surface area contributed by atoms with E-state index in [4.69, 9.17) is 26.4 Å². The van der Waals surface area contributed by atoms with E-state index in [2.05, 4.69) is 5.32 Å². The molecule has 0 spiro atoms. The molecule has 0 heterocycles. The highest BCUT2D eigenvalue weighted by molar-refractivity contribution is 5.98. The van der Waals surface area contributed by atoms with Gasteiger partial charge in [-0.1, -0.05) is 12.1 Å². The van der Waals surface area contributed by atoms with Gasteiger partial charge in [-0.2, -0.15) is 0 Å². The van der Waals surface area contributed by atoms with Crippen LogP contribution >= 0.6 is 12.4 Å². The largest absolute Gasteiger partial charge is 0.497 e. The summed E-state index contributed by atoms with van der Waals surface area (Å²) in [5.74, 6) is -1.05. The van der Waals surface area contributed by atoms with E-state index in [0.717, 1.165) is 0 Å². The van der Waals surface area contributed by atoms with Crippen molar-refractivity contribution < 1.29 is 23.5 Å². The Morgan fingerprint density at radius 2 is 1.91 bits per heavy atom. The van der Waals surface area contributed by atoms with Crippen LogP contribution in [0.15, 0.2) is 36.4 Å². The topological polar surface area (TPSA) is 144 Å². The van der Waals surface area contributed by atoms with E-state index >= 15 is 0 Å². The first-order valence-electron chi connectivity index (χ1n) is 9.42. The van der Waals surface area contributed by atoms with Crippen molar-refractivity contribution >= 4 is 35.9 Å². The van der Waals surface area contributed by atoms with Crippen molar-refractivity contribution in [3.05, 3.63) is 58.9 Å². The molecule has 0 aromatic heterocycles. The van der Waals surface area contributed by atoms with Crippen LogP contribution in [0.25, 0.3) is 0 Å². The molecule has 32 heavy (non-hydrogen) atoms. The van der Waals surface area contributed by atoms with Gasteiger partial charge in [-0.15, -0.1) is 12.4 Å². The Morgan fingerprint density at radius 1 is 1.22 bits per heavy atom. The fourth-order valence-electron chi connectivity index (χ4n) is 2.91. The van der Waals surface area contributed by atoms with Crippen LogP contribution in [0, 0.1) is 11.2 Å². The van der Waals surface area contributed by atoms with Crippen molar-refractivity contribution in [1.29, 1.82) is 5.41 Å². The number of amidine groups is 1. The number of ether oxygens (including phenoxy) is 2. The van der Waals surface area contributed by atoms with E-state index in [1.807, 2.05) is 0 Å². The highest BCUT2D eigenvalue weighted by Gasteiger charge is 2.25. The zero-order valence-electron chi connectivity index (χ0n) is 18.0. The van der Waals surface area contributed by atoms with Gasteiger partial charge in [-0.25, -0.2) is 9.18 Å². The molecule has 0 fully saturated rings. The van der Waals surface area contributed by atoms with Crippen LogP contribution in [0.2, 0.25) is 0 Å². The summed E-state index contributed by atoms with van der Waals surface area (Å²) in [5.41, 5.74) is 12.3. The SMILES string of the molecule is CCOC(C(=O)NCc1ccc(C(=N)N)cc1N(C)C(N)=O)c1ccc(OC)cc1F.Cl. The van der Waals surface area contributed by atoms with Crippen LogP contribution in [-0.2, 0) is 16.1 Å². The van der Waals surface area contributed by atoms with Gasteiger partial charge in [0.1, 0.15) is 17.4 Å². The second kappa shape index (κ2) is 11.9. The number of methoxy groups -OCH3 is 1. The molecule has 174 valence electrons. The van der Waals surface area contributed by atoms with Crippen molar-refractivity contribution in [3.63, 3.8) is 0 Å². The Hall–Kier alpha value is -3.37. The number of anilines is 1. The standard InChI is InChI=1S/C21H26FN5O4.ClH/c1-4-31-18(15-8-7-14(30-3)10-16(15)22)20(28)26-11-13-6-5-12(19(23)24)9-17(13)27(2)21(25)29;/h5-10,18H,4,11H2,1-3H3,(H3,23,24)(H2,25,29)(H,26,28);1H. The minimum Gasteiger partial charge on any atom is -0.497 e. The van der Waals surface area contributed by atoms with Crippen molar-refractivity contribution in [3.8, 4) is 5.75 Å². The van der Waals surface area contributed by atoms with Crippen LogP contribution in [0.5, 0.6) is 5.75 Å². The third-order valence-electron chi connectivity index (χ3n) is 4.60. The number of nitrogens with zero attached hydrogens (tertiary/aromatic N) is 1. The molecule has 0 aliphatic rings. The number of primary amides is 1. The number of carbonyl (C=O) groups excluding carboxylic acids is 2. The second-order valence-corrected chi connectivity index (χ2v) is 6.60. The quantitative estimate of drug-likeness (QED) is 0.330. The van der Waals surface area contributed by atoms with E-state index in [0.29, 0.717) is 22.6 Å². The van der Waals surface area contributed by atoms with Crippen molar-refractivity contribution in [2.24, 2.45) is 11.5 Å². The van der Waals surface area contributed by atoms with E-state index in [1.165, 1.54) is 43.3 Å². The Balaban J connectivity index is 0.00000512. The Labute approximate surface area is 191 Å². The van der Waals surface area contributed by atoms with Crippen LogP contribution in [0.3, 0.4) is 0 Å². The van der Waals surface area contributed by atoms with Gasteiger partial charge in [0.15, 0.2) is 6.10 Å². The lowest BCUT2D eigenvalue weighted by Gasteiger charge is -2.22. The third-order valence-corrected chi connectivity index (χ3v) is 4.60. The summed E-state index contributed by atoms with van der Waals surface area (Å²) >= 11 is 0. The molecule has 2 aromatic rings. The van der Waals surface area contributed by atoms with Gasteiger partial charge in [-0.05, 0) is 30.7 Å². The molecular weight excluding hydrogens is 441 g/mol. The molecule has 2 aromatic carbocycles. The van der Waals surface area contributed by atoms with E-state index < -0.39 is 23.9 Å². The first-order chi connectivity index (χ1) is 14.7. The molecule has 0 saturated heterocycles. The highest BCUT2D eigenvalue weighted by Crippen LogP contribution is 2.26. The van der Waals surface area contributed by atoms with Gasteiger partial charge in [0, 0.05) is 37.4 Å². The number of hydrogen-bond donors (Lipinski definition) is 4. The second-order valence-electron chi connectivity index (χ2n) is 6.60. The first-order valence-corrected chi connectivity index (χ1v) is 9.42. The fourth-order valence-corrected chi connectivity index (χ4v) is 2.91. The third kappa shape index (κ3) is 6.32. The predicted molar refractivity (Wildman–Crippen MR) is 122 cm³/mol. The van der Waals surface area contributed by atoms with Crippen molar-refractivity contribution in [2.75, 3.05) is 25.7 Å². The first kappa shape index (κ1) is 26.7. The average molecular weight is 468 g/mol. The monoisotopic (exact) mass is 467 g/mol. The molecule has 0 saturated carbocycles. The number of rotatable bonds is 9. The number of hydrogen-bond acceptors (Lipinski definition) is 5. The lowest BCUT2D eigenvalue weighted by molar-refractivity contribution is -0.133. The number of nitrogens with two attached hydrogens (primary N) is 2. The van der Waals surface area contributed by atoms with Crippen molar-refractivity contribution in [1.82, 2.24) is 5.32 Å². The van der Waals surface area contributed by atoms with Gasteiger partial charge in [-0.3, -0.25) is 15.1 Å². The maximum Gasteiger partial charge on any atom is 0.319 e. The van der Waals surface area contributed by atoms with Crippen molar-refractivity contribution in [2.45, 2.75) is 19.6 Å². The summed E-state index contributed by atoms with van der Waals surface area (Å²) in [7, 11) is 2.88. The van der Waals surface area contributed by atoms with Gasteiger partial charge in [0.05, 0.1) is 12.8 Å². The number of amides is 3. The Morgan fingerprint density at radius 3 is 2.44 bits per heavy atom. The van der Waals surface area contributed by atoms with E-state index in [9.17, 15) is 14.0 Å². The molecule has 1 unspecified atom stereocenters. The summed E-state index contributed by atoms with van der Waals surface area (Å²) in [5, 5.41) is 10.3. The molecule has 11 heteroatoms. The summed E-state index contributed by atoms with van der Waals surface area (Å²) in [6.07, 6.45) is -1.18. The molecule has 9 nitrogen and oxygen atoms in total. The number of benzene rings is 2. The van der Waals surface area contributed by atoms with Gasteiger partial charge in [0.2, 0.25) is 0 Å². The number of nitrogen functional groups attached to an aromatic ring is 1. The van der Waals surface area contributed by atoms with Crippen LogP contribution in [-0.4, -0.2) is 38.5 Å². The molecule has 1 atom stereocenters. The van der Waals surface area contributed by atoms with Crippen LogP contribution < -0.4 is 26.4 Å². The average Bonchev–Trinajstić information content (AvgIpc) is 2.75. The maximum absolute atomic E-state index is 14.5. The fraction of sp³-hybridized carbons (Fsp3) is 0.286. The minimum atomic E-state index is -1.18. The number of carbonyl (C=O) groups is 2. The Kier molecular flexibility index (Phi) is 9.89. The lowest BCUT2D eigenvalue weighted by atomic mass is 10.1. The number of urea groups is 1. The normalized spacial score (nSPS) is 11.1. The molecule has 3 amide bonds. The maximum atomic E-state index is 14.5. The smallest absolute Gasteiger partial charge is 0.319 e. The number of nitrogens with one attached hydrogen (secondary N) is 2. The van der Waals surface area contributed by atoms with Gasteiger partial charge in [0.25, 0.3) is 5.91 Å². The Bertz CT molecular complexity index is 989. The predicted octanol–water partition coefficient (Wildman–Crippen LogP) is 2.45. The molecule has 0 bridgehead atoms. The van der Waals surface area contributed by atoms with E-state index in [-0.39, 0.29) is 37.0 Å². The summed E-state index contributed by atoms with van der Waals surface area (Å²) in [4.78, 5) is 25.6. The number of halogens is 2. The molecule has 0 radical (unpaired) electrons. The summed E-state index contributed by atoms with van der Waals surface area (Å²) < 4.78 is 24.9. The zero-order chi connectivity index (χ0) is 23.1. The lowest BCUT2D eigenvalue weighted by Crippen LogP contribution is -2.35. The minimum absolute atomic E-state index is 0. The highest BCUT2D eigenvalue weighted by atomic mass is 35.5. The molecule has 6 N–H and O–H groups in total. The summed E-state index contributed by atoms with van der Waals surface area (Å²) in [6, 6.07) is 8.16. The molecular formula is C21H27ClFN5O4. The summed E-state index contributed by atoms with van der Waals surface area (Å²) in [6.45, 7) is 1.89. The van der Waals surface area contributed by atoms with Crippen LogP contribution in [0.1, 0.15) is 29.7 Å². The molecule has 0 aliphatic carbocycles. The van der Waals surface area contributed by atoms with Gasteiger partial charge >= 0.3 is 6.03 Å². The molecule has 2 rings (SSSR count). The van der Waals surface area contributed by atoms with E-state index in [1.54, 1.807) is 19.1 Å². The molecule has 0 aliphatic heterocycles. The van der Waals surface area contributed by atoms with Gasteiger partial charge < -0.3 is 26.3 Å². The van der Waals surface area contributed by atoms with Crippen LogP contribution in [0.4, 0.5) is 14.9 Å².